The molecule has 0 fully saturated rings. The molecule has 0 radical (unpaired) electrons. The van der Waals surface area contributed by atoms with Gasteiger partial charge in [0.1, 0.15) is 0 Å². The summed E-state index contributed by atoms with van der Waals surface area (Å²) in [6, 6.07) is 9.46. The Balaban J connectivity index is 0.00000121. The second kappa shape index (κ2) is 9.83. The Bertz CT molecular complexity index is 325. The molecule has 0 saturated heterocycles. The molecule has 1 aromatic rings. The molecule has 0 N–H and O–H groups in total. The Labute approximate surface area is 106 Å². The van der Waals surface area contributed by atoms with Crippen LogP contribution in [0.25, 0.3) is 0 Å². The van der Waals surface area contributed by atoms with Gasteiger partial charge >= 0.3 is 0 Å². The molecule has 17 heavy (non-hydrogen) atoms. The zero-order valence-electron chi connectivity index (χ0n) is 11.4. The first-order valence-corrected chi connectivity index (χ1v) is 6.51. The summed E-state index contributed by atoms with van der Waals surface area (Å²) in [5.41, 5.74) is 0.797. The Morgan fingerprint density at radius 2 is 1.82 bits per heavy atom. The van der Waals surface area contributed by atoms with Crippen molar-refractivity contribution in [2.45, 2.75) is 40.5 Å². The molecule has 0 bridgehead atoms. The second-order valence-electron chi connectivity index (χ2n) is 3.74. The molecule has 0 aromatic heterocycles. The highest BCUT2D eigenvalue weighted by Crippen LogP contribution is 2.10. The minimum atomic E-state index is -0.0149. The highest BCUT2D eigenvalue weighted by Gasteiger charge is 2.10. The van der Waals surface area contributed by atoms with Crippen molar-refractivity contribution >= 4 is 5.78 Å². The summed E-state index contributed by atoms with van der Waals surface area (Å²) in [6.45, 7) is 8.08. The van der Waals surface area contributed by atoms with E-state index in [1.807, 2.05) is 57.2 Å². The van der Waals surface area contributed by atoms with Gasteiger partial charge in [-0.25, -0.2) is 0 Å². The van der Waals surface area contributed by atoms with Gasteiger partial charge in [0.25, 0.3) is 0 Å². The zero-order valence-corrected chi connectivity index (χ0v) is 11.4. The lowest BCUT2D eigenvalue weighted by molar-refractivity contribution is 0.0953. The summed E-state index contributed by atoms with van der Waals surface area (Å²) in [5, 5.41) is 0. The minimum absolute atomic E-state index is 0.0149. The van der Waals surface area contributed by atoms with Gasteiger partial charge in [-0.15, -0.1) is 0 Å². The molecule has 1 rings (SSSR count). The maximum Gasteiger partial charge on any atom is 0.169 e. The van der Waals surface area contributed by atoms with Crippen molar-refractivity contribution < 1.29 is 4.79 Å². The Morgan fingerprint density at radius 1 is 1.24 bits per heavy atom. The van der Waals surface area contributed by atoms with Crippen LogP contribution >= 0.6 is 0 Å². The summed E-state index contributed by atoms with van der Waals surface area (Å²) in [7, 11) is 0. The van der Waals surface area contributed by atoms with E-state index in [4.69, 9.17) is 0 Å². The summed E-state index contributed by atoms with van der Waals surface area (Å²) in [6.07, 6.45) is 6.26. The molecule has 0 aliphatic rings. The molecule has 0 unspecified atom stereocenters. The van der Waals surface area contributed by atoms with Gasteiger partial charge in [-0.1, -0.05) is 76.6 Å². The number of benzene rings is 1. The molecular formula is C16H24O. The Morgan fingerprint density at radius 3 is 2.35 bits per heavy atom. The van der Waals surface area contributed by atoms with Crippen molar-refractivity contribution in [2.24, 2.45) is 5.92 Å². The van der Waals surface area contributed by atoms with Crippen LogP contribution in [0.1, 0.15) is 50.9 Å². The van der Waals surface area contributed by atoms with E-state index in [-0.39, 0.29) is 11.7 Å². The predicted octanol–water partition coefficient (Wildman–Crippen LogP) is 4.89. The van der Waals surface area contributed by atoms with E-state index >= 15 is 0 Å². The summed E-state index contributed by atoms with van der Waals surface area (Å²) in [4.78, 5) is 11.9. The van der Waals surface area contributed by atoms with Gasteiger partial charge in [0.05, 0.1) is 0 Å². The van der Waals surface area contributed by atoms with E-state index in [0.29, 0.717) is 0 Å². The average Bonchev–Trinajstić information content (AvgIpc) is 2.41. The fraction of sp³-hybridized carbons (Fsp3) is 0.438. The molecule has 0 amide bonds. The van der Waals surface area contributed by atoms with Crippen molar-refractivity contribution in [3.8, 4) is 0 Å². The smallest absolute Gasteiger partial charge is 0.169 e. The number of carbonyl (C=O) groups excluding carboxylic acids is 1. The molecule has 1 nitrogen and oxygen atoms in total. The summed E-state index contributed by atoms with van der Waals surface area (Å²) < 4.78 is 0. The van der Waals surface area contributed by atoms with Gasteiger partial charge in [-0.3, -0.25) is 4.79 Å². The number of rotatable bonds is 5. The predicted molar refractivity (Wildman–Crippen MR) is 75.3 cm³/mol. The van der Waals surface area contributed by atoms with Crippen LogP contribution in [0, 0.1) is 5.92 Å². The summed E-state index contributed by atoms with van der Waals surface area (Å²) in [5.74, 6) is 0.182. The SMILES string of the molecule is CC.CCC/C=C/[C@@H](C)C(=O)c1ccccc1. The monoisotopic (exact) mass is 232 g/mol. The van der Waals surface area contributed by atoms with Crippen molar-refractivity contribution in [2.75, 3.05) is 0 Å². The molecule has 0 saturated carbocycles. The van der Waals surface area contributed by atoms with Gasteiger partial charge in [-0.05, 0) is 6.42 Å². The Hall–Kier alpha value is -1.37. The van der Waals surface area contributed by atoms with Gasteiger partial charge in [0.15, 0.2) is 5.78 Å². The van der Waals surface area contributed by atoms with Crippen LogP contribution in [0.4, 0.5) is 0 Å². The average molecular weight is 232 g/mol. The highest BCUT2D eigenvalue weighted by molar-refractivity contribution is 5.98. The third-order valence-electron chi connectivity index (χ3n) is 2.35. The number of Topliss-reactive ketones (excluding diaryl/α,β-unsaturated/α-hetero) is 1. The van der Waals surface area contributed by atoms with E-state index in [2.05, 4.69) is 13.0 Å². The minimum Gasteiger partial charge on any atom is -0.294 e. The molecule has 0 aliphatic carbocycles. The van der Waals surface area contributed by atoms with E-state index in [1.165, 1.54) is 0 Å². The number of hydrogen-bond donors (Lipinski definition) is 0. The van der Waals surface area contributed by atoms with Crippen molar-refractivity contribution in [3.05, 3.63) is 48.0 Å². The van der Waals surface area contributed by atoms with E-state index in [0.717, 1.165) is 18.4 Å². The topological polar surface area (TPSA) is 17.1 Å². The molecule has 1 heteroatoms. The lowest BCUT2D eigenvalue weighted by atomic mass is 9.99. The van der Waals surface area contributed by atoms with Gasteiger partial charge in [0.2, 0.25) is 0 Å². The number of carbonyl (C=O) groups is 1. The number of ketones is 1. The molecule has 0 heterocycles. The third-order valence-corrected chi connectivity index (χ3v) is 2.35. The summed E-state index contributed by atoms with van der Waals surface area (Å²) >= 11 is 0. The van der Waals surface area contributed by atoms with Crippen LogP contribution in [0.5, 0.6) is 0 Å². The fourth-order valence-corrected chi connectivity index (χ4v) is 1.42. The first-order valence-electron chi connectivity index (χ1n) is 6.51. The van der Waals surface area contributed by atoms with Gasteiger partial charge < -0.3 is 0 Å². The first kappa shape index (κ1) is 15.6. The molecule has 0 spiro atoms. The number of hydrogen-bond acceptors (Lipinski definition) is 1. The zero-order chi connectivity index (χ0) is 13.1. The lowest BCUT2D eigenvalue weighted by Crippen LogP contribution is -2.08. The third kappa shape index (κ3) is 6.06. The van der Waals surface area contributed by atoms with Crippen LogP contribution < -0.4 is 0 Å². The Kier molecular flexibility index (Phi) is 9.04. The van der Waals surface area contributed by atoms with E-state index < -0.39 is 0 Å². The molecule has 94 valence electrons. The largest absolute Gasteiger partial charge is 0.294 e. The van der Waals surface area contributed by atoms with Crippen LogP contribution in [0.15, 0.2) is 42.5 Å². The second-order valence-corrected chi connectivity index (χ2v) is 3.74. The van der Waals surface area contributed by atoms with Crippen LogP contribution in [-0.4, -0.2) is 5.78 Å². The lowest BCUT2D eigenvalue weighted by Gasteiger charge is -2.04. The highest BCUT2D eigenvalue weighted by atomic mass is 16.1. The van der Waals surface area contributed by atoms with Crippen molar-refractivity contribution in [3.63, 3.8) is 0 Å². The van der Waals surface area contributed by atoms with Crippen molar-refractivity contribution in [1.82, 2.24) is 0 Å². The standard InChI is InChI=1S/C14H18O.C2H6/c1-3-4-6-9-12(2)14(15)13-10-7-5-8-11-13;1-2/h5-12H,3-4H2,1-2H3;1-2H3/b9-6+;/t12-;/m1./s1. The normalized spacial score (nSPS) is 11.8. The maximum atomic E-state index is 11.9. The molecular weight excluding hydrogens is 208 g/mol. The molecule has 1 aromatic carbocycles. The first-order chi connectivity index (χ1) is 8.25. The van der Waals surface area contributed by atoms with Crippen LogP contribution in [0.2, 0.25) is 0 Å². The van der Waals surface area contributed by atoms with Gasteiger partial charge in [0, 0.05) is 11.5 Å². The van der Waals surface area contributed by atoms with Crippen LogP contribution in [-0.2, 0) is 0 Å². The number of unbranched alkanes of at least 4 members (excludes halogenated alkanes) is 1. The van der Waals surface area contributed by atoms with Gasteiger partial charge in [-0.2, -0.15) is 0 Å². The van der Waals surface area contributed by atoms with Crippen molar-refractivity contribution in [1.29, 1.82) is 0 Å². The maximum absolute atomic E-state index is 11.9. The molecule has 1 atom stereocenters. The number of allylic oxidation sites excluding steroid dienone is 2. The quantitative estimate of drug-likeness (QED) is 0.522. The van der Waals surface area contributed by atoms with E-state index in [1.54, 1.807) is 0 Å². The van der Waals surface area contributed by atoms with Crippen LogP contribution in [0.3, 0.4) is 0 Å². The van der Waals surface area contributed by atoms with E-state index in [9.17, 15) is 4.79 Å². The molecule has 0 aliphatic heterocycles. The fourth-order valence-electron chi connectivity index (χ4n) is 1.42.